The molecule has 1 aromatic carbocycles. The molecular formula is C15H18F3NO3. The Morgan fingerprint density at radius 3 is 2.41 bits per heavy atom. The molecule has 0 fully saturated rings. The van der Waals surface area contributed by atoms with Crippen molar-refractivity contribution in [3.05, 3.63) is 35.9 Å². The van der Waals surface area contributed by atoms with Crippen molar-refractivity contribution in [1.29, 1.82) is 0 Å². The second kappa shape index (κ2) is 8.41. The lowest BCUT2D eigenvalue weighted by Gasteiger charge is -2.19. The summed E-state index contributed by atoms with van der Waals surface area (Å²) in [5, 5.41) is 2.08. The SMILES string of the molecule is CCCCOC(=O)C(CC(F)(F)F)NC(=O)c1ccccc1. The molecule has 0 aliphatic rings. The standard InChI is InChI=1S/C15H18F3NO3/c1-2-3-9-22-14(21)12(10-15(16,17)18)19-13(20)11-7-5-4-6-8-11/h4-8,12H,2-3,9-10H2,1H3,(H,19,20). The highest BCUT2D eigenvalue weighted by Crippen LogP contribution is 2.22. The lowest BCUT2D eigenvalue weighted by atomic mass is 10.1. The van der Waals surface area contributed by atoms with Crippen LogP contribution in [-0.4, -0.2) is 30.7 Å². The van der Waals surface area contributed by atoms with Crippen molar-refractivity contribution < 1.29 is 27.5 Å². The minimum absolute atomic E-state index is 0.0326. The van der Waals surface area contributed by atoms with Gasteiger partial charge < -0.3 is 10.1 Å². The highest BCUT2D eigenvalue weighted by atomic mass is 19.4. The number of carbonyl (C=O) groups excluding carboxylic acids is 2. The predicted molar refractivity (Wildman–Crippen MR) is 74.2 cm³/mol. The molecule has 0 aliphatic carbocycles. The molecule has 0 saturated carbocycles. The van der Waals surface area contributed by atoms with Gasteiger partial charge in [-0.15, -0.1) is 0 Å². The molecule has 7 heteroatoms. The first-order valence-corrected chi connectivity index (χ1v) is 6.92. The van der Waals surface area contributed by atoms with Gasteiger partial charge in [0.05, 0.1) is 13.0 Å². The molecular weight excluding hydrogens is 299 g/mol. The molecule has 1 atom stereocenters. The summed E-state index contributed by atoms with van der Waals surface area (Å²) in [4.78, 5) is 23.6. The number of hydrogen-bond donors (Lipinski definition) is 1. The molecule has 0 radical (unpaired) electrons. The number of rotatable bonds is 7. The lowest BCUT2D eigenvalue weighted by Crippen LogP contribution is -2.44. The minimum atomic E-state index is -4.58. The molecule has 0 heterocycles. The maximum Gasteiger partial charge on any atom is 0.391 e. The molecule has 0 saturated heterocycles. The molecule has 0 spiro atoms. The van der Waals surface area contributed by atoms with E-state index in [9.17, 15) is 22.8 Å². The predicted octanol–water partition coefficient (Wildman–Crippen LogP) is 3.08. The quantitative estimate of drug-likeness (QED) is 0.621. The van der Waals surface area contributed by atoms with Crippen LogP contribution in [0.1, 0.15) is 36.5 Å². The minimum Gasteiger partial charge on any atom is -0.464 e. The first kappa shape index (κ1) is 18.0. The van der Waals surface area contributed by atoms with E-state index in [0.29, 0.717) is 6.42 Å². The summed E-state index contributed by atoms with van der Waals surface area (Å²) in [7, 11) is 0. The van der Waals surface area contributed by atoms with E-state index in [-0.39, 0.29) is 12.2 Å². The Kier molecular flexibility index (Phi) is 6.88. The van der Waals surface area contributed by atoms with Crippen LogP contribution in [0.3, 0.4) is 0 Å². The third kappa shape index (κ3) is 6.60. The summed E-state index contributed by atoms with van der Waals surface area (Å²) < 4.78 is 42.4. The van der Waals surface area contributed by atoms with E-state index in [2.05, 4.69) is 5.32 Å². The van der Waals surface area contributed by atoms with Crippen molar-refractivity contribution in [3.63, 3.8) is 0 Å². The summed E-state index contributed by atoms with van der Waals surface area (Å²) in [6.45, 7) is 1.89. The van der Waals surface area contributed by atoms with E-state index in [1.54, 1.807) is 18.2 Å². The fraction of sp³-hybridized carbons (Fsp3) is 0.467. The lowest BCUT2D eigenvalue weighted by molar-refractivity contribution is -0.162. The van der Waals surface area contributed by atoms with E-state index in [0.717, 1.165) is 6.42 Å². The summed E-state index contributed by atoms with van der Waals surface area (Å²) in [5.41, 5.74) is 0.177. The van der Waals surface area contributed by atoms with Gasteiger partial charge in [0.15, 0.2) is 0 Å². The molecule has 22 heavy (non-hydrogen) atoms. The molecule has 0 aliphatic heterocycles. The monoisotopic (exact) mass is 317 g/mol. The highest BCUT2D eigenvalue weighted by Gasteiger charge is 2.37. The van der Waals surface area contributed by atoms with Gasteiger partial charge in [0.25, 0.3) is 5.91 Å². The molecule has 1 rings (SSSR count). The van der Waals surface area contributed by atoms with Gasteiger partial charge in [-0.05, 0) is 18.6 Å². The summed E-state index contributed by atoms with van der Waals surface area (Å²) in [6, 6.07) is 5.97. The average molecular weight is 317 g/mol. The number of hydrogen-bond acceptors (Lipinski definition) is 3. The van der Waals surface area contributed by atoms with Crippen molar-refractivity contribution in [2.24, 2.45) is 0 Å². The first-order chi connectivity index (χ1) is 10.3. The number of benzene rings is 1. The molecule has 1 aromatic rings. The zero-order valence-electron chi connectivity index (χ0n) is 12.2. The fourth-order valence-corrected chi connectivity index (χ4v) is 1.67. The van der Waals surface area contributed by atoms with Crippen molar-refractivity contribution in [3.8, 4) is 0 Å². The molecule has 0 aromatic heterocycles. The van der Waals surface area contributed by atoms with Crippen LogP contribution >= 0.6 is 0 Å². The zero-order valence-corrected chi connectivity index (χ0v) is 12.2. The van der Waals surface area contributed by atoms with Crippen LogP contribution < -0.4 is 5.32 Å². The second-order valence-corrected chi connectivity index (χ2v) is 4.73. The van der Waals surface area contributed by atoms with Gasteiger partial charge in [0.1, 0.15) is 6.04 Å². The van der Waals surface area contributed by atoms with Crippen LogP contribution in [0.15, 0.2) is 30.3 Å². The molecule has 4 nitrogen and oxygen atoms in total. The third-order valence-electron chi connectivity index (χ3n) is 2.80. The van der Waals surface area contributed by atoms with Gasteiger partial charge >= 0.3 is 12.1 Å². The number of unbranched alkanes of at least 4 members (excludes halogenated alkanes) is 1. The Bertz CT molecular complexity index is 489. The number of amides is 1. The van der Waals surface area contributed by atoms with Gasteiger partial charge in [-0.1, -0.05) is 31.5 Å². The van der Waals surface area contributed by atoms with Crippen LogP contribution in [-0.2, 0) is 9.53 Å². The Balaban J connectivity index is 2.73. The Morgan fingerprint density at radius 1 is 1.23 bits per heavy atom. The van der Waals surface area contributed by atoms with Gasteiger partial charge in [-0.3, -0.25) is 4.79 Å². The number of ether oxygens (including phenoxy) is 1. The number of carbonyl (C=O) groups is 2. The molecule has 1 amide bonds. The molecule has 1 unspecified atom stereocenters. The smallest absolute Gasteiger partial charge is 0.391 e. The largest absolute Gasteiger partial charge is 0.464 e. The van der Waals surface area contributed by atoms with Gasteiger partial charge in [-0.25, -0.2) is 4.79 Å². The maximum absolute atomic E-state index is 12.5. The number of nitrogens with one attached hydrogen (secondary N) is 1. The van der Waals surface area contributed by atoms with Crippen molar-refractivity contribution in [2.45, 2.75) is 38.4 Å². The average Bonchev–Trinajstić information content (AvgIpc) is 2.46. The summed E-state index contributed by atoms with van der Waals surface area (Å²) in [5.74, 6) is -1.82. The van der Waals surface area contributed by atoms with Crippen LogP contribution in [0.5, 0.6) is 0 Å². The van der Waals surface area contributed by atoms with Crippen LogP contribution in [0.25, 0.3) is 0 Å². The Hall–Kier alpha value is -2.05. The molecule has 122 valence electrons. The number of halogens is 3. The summed E-state index contributed by atoms with van der Waals surface area (Å²) in [6.07, 6.45) is -4.75. The van der Waals surface area contributed by atoms with Gasteiger partial charge in [0, 0.05) is 5.56 Å². The second-order valence-electron chi connectivity index (χ2n) is 4.73. The number of esters is 1. The van der Waals surface area contributed by atoms with Crippen molar-refractivity contribution in [1.82, 2.24) is 5.32 Å². The van der Waals surface area contributed by atoms with E-state index in [1.807, 2.05) is 6.92 Å². The summed E-state index contributed by atoms with van der Waals surface area (Å²) >= 11 is 0. The van der Waals surface area contributed by atoms with Crippen molar-refractivity contribution >= 4 is 11.9 Å². The molecule has 0 bridgehead atoms. The first-order valence-electron chi connectivity index (χ1n) is 6.92. The van der Waals surface area contributed by atoms with Crippen molar-refractivity contribution in [2.75, 3.05) is 6.61 Å². The zero-order chi connectivity index (χ0) is 16.6. The van der Waals surface area contributed by atoms with Crippen LogP contribution in [0.4, 0.5) is 13.2 Å². The third-order valence-corrected chi connectivity index (χ3v) is 2.80. The van der Waals surface area contributed by atoms with Gasteiger partial charge in [0.2, 0.25) is 0 Å². The Morgan fingerprint density at radius 2 is 1.86 bits per heavy atom. The van der Waals surface area contributed by atoms with E-state index < -0.39 is 30.5 Å². The van der Waals surface area contributed by atoms with Gasteiger partial charge in [-0.2, -0.15) is 13.2 Å². The maximum atomic E-state index is 12.5. The normalized spacial score (nSPS) is 12.5. The van der Waals surface area contributed by atoms with Crippen LogP contribution in [0, 0.1) is 0 Å². The molecule has 1 N–H and O–H groups in total. The highest BCUT2D eigenvalue weighted by molar-refractivity contribution is 5.96. The van der Waals surface area contributed by atoms with Crippen LogP contribution in [0.2, 0.25) is 0 Å². The van der Waals surface area contributed by atoms with E-state index in [4.69, 9.17) is 4.74 Å². The number of alkyl halides is 3. The topological polar surface area (TPSA) is 55.4 Å². The van der Waals surface area contributed by atoms with E-state index >= 15 is 0 Å². The van der Waals surface area contributed by atoms with E-state index in [1.165, 1.54) is 12.1 Å². The fourth-order valence-electron chi connectivity index (χ4n) is 1.67. The Labute approximate surface area is 126 Å².